The van der Waals surface area contributed by atoms with E-state index in [0.717, 1.165) is 38.1 Å². The minimum absolute atomic E-state index is 0.0611. The van der Waals surface area contributed by atoms with E-state index in [0.29, 0.717) is 5.57 Å². The molecule has 5 rings (SSSR count). The predicted octanol–water partition coefficient (Wildman–Crippen LogP) is 7.23. The monoisotopic (exact) mass is 506 g/mol. The summed E-state index contributed by atoms with van der Waals surface area (Å²) in [6, 6.07) is 31.6. The normalized spacial score (nSPS) is 14.1. The van der Waals surface area contributed by atoms with Gasteiger partial charge in [0, 0.05) is 33.2 Å². The number of non-ortho nitro benzene ring substituents is 1. The number of ether oxygens (including phenoxy) is 1. The van der Waals surface area contributed by atoms with E-state index in [1.807, 2.05) is 91.0 Å². The van der Waals surface area contributed by atoms with Crippen molar-refractivity contribution in [2.24, 2.45) is 0 Å². The van der Waals surface area contributed by atoms with Crippen molar-refractivity contribution in [3.63, 3.8) is 0 Å². The van der Waals surface area contributed by atoms with Crippen LogP contribution in [0.4, 0.5) is 11.4 Å². The lowest BCUT2D eigenvalue weighted by atomic mass is 10.1. The Kier molecular flexibility index (Phi) is 6.87. The first kappa shape index (κ1) is 24.1. The van der Waals surface area contributed by atoms with E-state index in [1.165, 1.54) is 23.9 Å². The van der Waals surface area contributed by atoms with Crippen molar-refractivity contribution >= 4 is 40.8 Å². The maximum absolute atomic E-state index is 13.6. The van der Waals surface area contributed by atoms with Gasteiger partial charge < -0.3 is 4.74 Å². The summed E-state index contributed by atoms with van der Waals surface area (Å²) in [5, 5.41) is 10.9. The number of hydrogen-bond donors (Lipinski definition) is 0. The van der Waals surface area contributed by atoms with Crippen LogP contribution in [0.15, 0.2) is 125 Å². The molecule has 0 unspecified atom stereocenters. The van der Waals surface area contributed by atoms with Gasteiger partial charge in [-0.25, -0.2) is 0 Å². The molecule has 4 aromatic rings. The second-order valence-corrected chi connectivity index (χ2v) is 9.40. The predicted molar refractivity (Wildman–Crippen MR) is 147 cm³/mol. The number of amides is 1. The zero-order valence-electron chi connectivity index (χ0n) is 19.9. The number of carbonyl (C=O) groups is 1. The summed E-state index contributed by atoms with van der Waals surface area (Å²) < 4.78 is 5.24. The van der Waals surface area contributed by atoms with Crippen molar-refractivity contribution in [3.8, 4) is 5.75 Å². The summed E-state index contributed by atoms with van der Waals surface area (Å²) >= 11 is 1.50. The molecule has 0 spiro atoms. The number of methoxy groups -OCH3 is 1. The molecule has 0 fully saturated rings. The average molecular weight is 507 g/mol. The Labute approximate surface area is 218 Å². The standard InChI is InChI=1S/C30H22N2O4S/c1-36-26-13-7-21(8-14-26)19-23-20-29(22-5-3-2-4-6-22)31(30(23)33)24-9-15-27(16-10-24)37-28-17-11-25(12-18-28)32(34)35/h2-20H,1H3. The van der Waals surface area contributed by atoms with E-state index >= 15 is 0 Å². The molecule has 182 valence electrons. The molecule has 6 nitrogen and oxygen atoms in total. The molecule has 4 aromatic carbocycles. The van der Waals surface area contributed by atoms with Crippen molar-refractivity contribution in [1.29, 1.82) is 0 Å². The van der Waals surface area contributed by atoms with Crippen LogP contribution in [0, 0.1) is 10.1 Å². The number of rotatable bonds is 7. The molecule has 0 saturated carbocycles. The first-order chi connectivity index (χ1) is 18.0. The van der Waals surface area contributed by atoms with Gasteiger partial charge >= 0.3 is 0 Å². The van der Waals surface area contributed by atoms with Gasteiger partial charge in [-0.1, -0.05) is 54.2 Å². The number of carbonyl (C=O) groups excluding carboxylic acids is 1. The van der Waals surface area contributed by atoms with Gasteiger partial charge in [0.05, 0.1) is 17.7 Å². The third-order valence-corrected chi connectivity index (χ3v) is 6.88. The Morgan fingerprint density at radius 3 is 2.05 bits per heavy atom. The van der Waals surface area contributed by atoms with E-state index in [4.69, 9.17) is 4.74 Å². The number of benzene rings is 4. The van der Waals surface area contributed by atoms with Gasteiger partial charge in [0.1, 0.15) is 5.75 Å². The zero-order chi connectivity index (χ0) is 25.8. The molecule has 0 atom stereocenters. The Morgan fingerprint density at radius 1 is 0.838 bits per heavy atom. The highest BCUT2D eigenvalue weighted by atomic mass is 32.2. The Bertz CT molecular complexity index is 1490. The van der Waals surface area contributed by atoms with E-state index in [9.17, 15) is 14.9 Å². The van der Waals surface area contributed by atoms with E-state index in [2.05, 4.69) is 0 Å². The Morgan fingerprint density at radius 2 is 1.46 bits per heavy atom. The number of hydrogen-bond acceptors (Lipinski definition) is 5. The lowest BCUT2D eigenvalue weighted by Crippen LogP contribution is -2.24. The van der Waals surface area contributed by atoms with E-state index in [-0.39, 0.29) is 11.6 Å². The van der Waals surface area contributed by atoms with Crippen molar-refractivity contribution < 1.29 is 14.5 Å². The summed E-state index contributed by atoms with van der Waals surface area (Å²) in [5.74, 6) is 0.652. The van der Waals surface area contributed by atoms with Crippen LogP contribution in [0.25, 0.3) is 11.8 Å². The van der Waals surface area contributed by atoms with Crippen LogP contribution < -0.4 is 9.64 Å². The highest BCUT2D eigenvalue weighted by molar-refractivity contribution is 7.99. The van der Waals surface area contributed by atoms with Crippen LogP contribution in [0.2, 0.25) is 0 Å². The van der Waals surface area contributed by atoms with Crippen LogP contribution in [-0.2, 0) is 4.79 Å². The van der Waals surface area contributed by atoms with Gasteiger partial charge in [-0.2, -0.15) is 0 Å². The molecule has 37 heavy (non-hydrogen) atoms. The van der Waals surface area contributed by atoms with Crippen molar-refractivity contribution in [1.82, 2.24) is 0 Å². The second-order valence-electron chi connectivity index (χ2n) is 8.26. The summed E-state index contributed by atoms with van der Waals surface area (Å²) in [6.07, 6.45) is 3.80. The molecule has 0 bridgehead atoms. The van der Waals surface area contributed by atoms with Crippen LogP contribution in [0.3, 0.4) is 0 Å². The highest BCUT2D eigenvalue weighted by Gasteiger charge is 2.30. The van der Waals surface area contributed by atoms with Crippen molar-refractivity contribution in [2.45, 2.75) is 9.79 Å². The maximum atomic E-state index is 13.6. The Hall–Kier alpha value is -4.62. The zero-order valence-corrected chi connectivity index (χ0v) is 20.7. The van der Waals surface area contributed by atoms with Crippen molar-refractivity contribution in [2.75, 3.05) is 12.0 Å². The summed E-state index contributed by atoms with van der Waals surface area (Å²) in [5.41, 5.74) is 4.06. The van der Waals surface area contributed by atoms with Gasteiger partial charge in [-0.05, 0) is 71.8 Å². The van der Waals surface area contributed by atoms with E-state index < -0.39 is 4.92 Å². The third-order valence-electron chi connectivity index (χ3n) is 5.87. The van der Waals surface area contributed by atoms with Gasteiger partial charge in [0.25, 0.3) is 11.6 Å². The summed E-state index contributed by atoms with van der Waals surface area (Å²) in [7, 11) is 1.62. The summed E-state index contributed by atoms with van der Waals surface area (Å²) in [6.45, 7) is 0. The molecule has 0 aromatic heterocycles. The first-order valence-electron chi connectivity index (χ1n) is 11.5. The van der Waals surface area contributed by atoms with Gasteiger partial charge in [0.2, 0.25) is 0 Å². The molecule has 0 aliphatic carbocycles. The molecule has 7 heteroatoms. The molecule has 0 saturated heterocycles. The van der Waals surface area contributed by atoms with Crippen LogP contribution in [-0.4, -0.2) is 17.9 Å². The topological polar surface area (TPSA) is 72.7 Å². The number of anilines is 1. The molecular formula is C30H22N2O4S. The SMILES string of the molecule is COc1ccc(C=C2C=C(c3ccccc3)N(c3ccc(Sc4ccc([N+](=O)[O-])cc4)cc3)C2=O)cc1. The van der Waals surface area contributed by atoms with Crippen molar-refractivity contribution in [3.05, 3.63) is 136 Å². The Balaban J connectivity index is 1.43. The number of nitro benzene ring substituents is 1. The minimum Gasteiger partial charge on any atom is -0.497 e. The van der Waals surface area contributed by atoms with Crippen LogP contribution in [0.1, 0.15) is 11.1 Å². The van der Waals surface area contributed by atoms with Gasteiger partial charge in [-0.3, -0.25) is 19.8 Å². The average Bonchev–Trinajstić information content (AvgIpc) is 3.26. The fraction of sp³-hybridized carbons (Fsp3) is 0.0333. The lowest BCUT2D eigenvalue weighted by Gasteiger charge is -2.21. The molecule has 1 aliphatic rings. The highest BCUT2D eigenvalue weighted by Crippen LogP contribution is 2.37. The maximum Gasteiger partial charge on any atom is 0.269 e. The fourth-order valence-corrected chi connectivity index (χ4v) is 4.82. The first-order valence-corrected chi connectivity index (χ1v) is 12.3. The molecule has 1 aliphatic heterocycles. The largest absolute Gasteiger partial charge is 0.497 e. The second kappa shape index (κ2) is 10.6. The smallest absolute Gasteiger partial charge is 0.269 e. The van der Waals surface area contributed by atoms with Crippen LogP contribution >= 0.6 is 11.8 Å². The molecule has 0 N–H and O–H groups in total. The minimum atomic E-state index is -0.411. The summed E-state index contributed by atoms with van der Waals surface area (Å²) in [4.78, 5) is 27.7. The molecular weight excluding hydrogens is 484 g/mol. The molecule has 1 heterocycles. The number of nitrogens with zero attached hydrogens (tertiary/aromatic N) is 2. The third kappa shape index (κ3) is 5.32. The fourth-order valence-electron chi connectivity index (χ4n) is 4.01. The molecule has 0 radical (unpaired) electrons. The van der Waals surface area contributed by atoms with Gasteiger partial charge in [-0.15, -0.1) is 0 Å². The van der Waals surface area contributed by atoms with E-state index in [1.54, 1.807) is 24.1 Å². The quantitative estimate of drug-likeness (QED) is 0.150. The van der Waals surface area contributed by atoms with Crippen LogP contribution in [0.5, 0.6) is 5.75 Å². The number of nitro groups is 1. The van der Waals surface area contributed by atoms with Gasteiger partial charge in [0.15, 0.2) is 0 Å². The lowest BCUT2D eigenvalue weighted by molar-refractivity contribution is -0.384. The molecule has 1 amide bonds.